The molecule has 5 rings (SSSR count). The van der Waals surface area contributed by atoms with Gasteiger partial charge in [0.1, 0.15) is 5.75 Å². The second-order valence-corrected chi connectivity index (χ2v) is 9.55. The van der Waals surface area contributed by atoms with Gasteiger partial charge >= 0.3 is 0 Å². The molecule has 0 unspecified atom stereocenters. The zero-order chi connectivity index (χ0) is 25.2. The lowest BCUT2D eigenvalue weighted by atomic mass is 9.85. The van der Waals surface area contributed by atoms with Crippen LogP contribution in [0.25, 0.3) is 22.0 Å². The van der Waals surface area contributed by atoms with Gasteiger partial charge in [-0.2, -0.15) is 5.10 Å². The van der Waals surface area contributed by atoms with Gasteiger partial charge < -0.3 is 14.5 Å². The van der Waals surface area contributed by atoms with E-state index in [1.54, 1.807) is 12.4 Å². The number of aromatic amines is 1. The van der Waals surface area contributed by atoms with Gasteiger partial charge in [0.25, 0.3) is 5.91 Å². The number of carbonyl (C=O) groups is 1. The topological polar surface area (TPSA) is 74.3 Å². The molecule has 0 radical (unpaired) electrons. The molecule has 0 spiro atoms. The third-order valence-corrected chi connectivity index (χ3v) is 7.18. The Labute approximate surface area is 212 Å². The maximum Gasteiger partial charge on any atom is 0.254 e. The van der Waals surface area contributed by atoms with Crippen LogP contribution in [0.1, 0.15) is 41.4 Å². The smallest absolute Gasteiger partial charge is 0.254 e. The van der Waals surface area contributed by atoms with Gasteiger partial charge in [0.05, 0.1) is 24.4 Å². The summed E-state index contributed by atoms with van der Waals surface area (Å²) < 4.78 is 6.00. The van der Waals surface area contributed by atoms with Crippen molar-refractivity contribution in [3.8, 4) is 16.9 Å². The number of hydrogen-bond donors (Lipinski definition) is 1. The summed E-state index contributed by atoms with van der Waals surface area (Å²) in [5, 5.41) is 8.30. The Morgan fingerprint density at radius 2 is 2.00 bits per heavy atom. The summed E-state index contributed by atoms with van der Waals surface area (Å²) in [6.07, 6.45) is 5.46. The number of carbonyl (C=O) groups excluding carboxylic acids is 1. The molecule has 1 amide bonds. The number of likely N-dealkylation sites (tertiary alicyclic amines) is 1. The summed E-state index contributed by atoms with van der Waals surface area (Å²) in [5.41, 5.74) is 5.80. The number of nitrogens with one attached hydrogen (secondary N) is 1. The molecule has 3 heterocycles. The average molecular weight is 484 g/mol. The Kier molecular flexibility index (Phi) is 6.74. The molecule has 1 aliphatic heterocycles. The van der Waals surface area contributed by atoms with Crippen LogP contribution in [-0.4, -0.2) is 64.2 Å². The van der Waals surface area contributed by atoms with Gasteiger partial charge in [0, 0.05) is 60.5 Å². The zero-order valence-electron chi connectivity index (χ0n) is 21.4. The van der Waals surface area contributed by atoms with Gasteiger partial charge in [-0.05, 0) is 44.2 Å². The van der Waals surface area contributed by atoms with Gasteiger partial charge in [-0.3, -0.25) is 14.9 Å². The molecule has 1 aliphatic rings. The fourth-order valence-corrected chi connectivity index (χ4v) is 5.27. The molecular weight excluding hydrogens is 450 g/mol. The fraction of sp³-hybridized carbons (Fsp3) is 0.345. The van der Waals surface area contributed by atoms with Gasteiger partial charge in [-0.25, -0.2) is 0 Å². The monoisotopic (exact) mass is 483 g/mol. The van der Waals surface area contributed by atoms with Crippen molar-refractivity contribution in [1.82, 2.24) is 25.0 Å². The predicted molar refractivity (Wildman–Crippen MR) is 142 cm³/mol. The maximum atomic E-state index is 13.9. The summed E-state index contributed by atoms with van der Waals surface area (Å²) in [4.78, 5) is 22.6. The van der Waals surface area contributed by atoms with E-state index in [9.17, 15) is 4.79 Å². The summed E-state index contributed by atoms with van der Waals surface area (Å²) in [6, 6.07) is 14.0. The van der Waals surface area contributed by atoms with E-state index in [0.717, 1.165) is 53.0 Å². The molecule has 0 bridgehead atoms. The first-order chi connectivity index (χ1) is 17.5. The highest BCUT2D eigenvalue weighted by Gasteiger charge is 2.39. The van der Waals surface area contributed by atoms with Crippen molar-refractivity contribution in [2.75, 3.05) is 33.3 Å². The van der Waals surface area contributed by atoms with E-state index in [0.29, 0.717) is 18.1 Å². The number of aromatic nitrogens is 3. The number of aryl methyl sites for hydroxylation is 1. The highest BCUT2D eigenvalue weighted by molar-refractivity contribution is 5.96. The van der Waals surface area contributed by atoms with Gasteiger partial charge in [-0.1, -0.05) is 36.8 Å². The lowest BCUT2D eigenvalue weighted by Gasteiger charge is -2.46. The van der Waals surface area contributed by atoms with Crippen LogP contribution in [0.3, 0.4) is 0 Å². The van der Waals surface area contributed by atoms with Crippen LogP contribution in [0.4, 0.5) is 0 Å². The van der Waals surface area contributed by atoms with Crippen molar-refractivity contribution in [1.29, 1.82) is 0 Å². The summed E-state index contributed by atoms with van der Waals surface area (Å²) in [5.74, 6) is 0.993. The molecule has 0 aliphatic carbocycles. The average Bonchev–Trinajstić information content (AvgIpc) is 3.35. The van der Waals surface area contributed by atoms with Crippen LogP contribution < -0.4 is 4.74 Å². The molecule has 36 heavy (non-hydrogen) atoms. The number of benzene rings is 2. The Balaban J connectivity index is 1.50. The molecule has 0 saturated carbocycles. The van der Waals surface area contributed by atoms with E-state index in [-0.39, 0.29) is 11.9 Å². The van der Waals surface area contributed by atoms with Crippen LogP contribution in [0.5, 0.6) is 5.75 Å². The Bertz CT molecular complexity index is 1380. The number of H-pyrrole nitrogens is 1. The number of fused-ring (bicyclic) bond motifs is 1. The molecular formula is C29H33N5O2. The van der Waals surface area contributed by atoms with Crippen molar-refractivity contribution in [3.63, 3.8) is 0 Å². The maximum absolute atomic E-state index is 13.9. The molecule has 7 heteroatoms. The summed E-state index contributed by atoms with van der Waals surface area (Å²) >= 11 is 0. The number of nitrogens with zero attached hydrogens (tertiary/aromatic N) is 4. The van der Waals surface area contributed by atoms with E-state index in [1.165, 1.54) is 5.56 Å². The van der Waals surface area contributed by atoms with E-state index >= 15 is 0 Å². The number of ether oxygens (including phenoxy) is 1. The van der Waals surface area contributed by atoms with Crippen LogP contribution >= 0.6 is 0 Å². The summed E-state index contributed by atoms with van der Waals surface area (Å²) in [7, 11) is 1.89. The van der Waals surface area contributed by atoms with E-state index < -0.39 is 0 Å². The number of pyridine rings is 1. The van der Waals surface area contributed by atoms with Crippen LogP contribution in [0.15, 0.2) is 61.1 Å². The number of hydrogen-bond acceptors (Lipinski definition) is 5. The van der Waals surface area contributed by atoms with Gasteiger partial charge in [0.2, 0.25) is 0 Å². The minimum atomic E-state index is -0.121. The second-order valence-electron chi connectivity index (χ2n) is 9.55. The van der Waals surface area contributed by atoms with Gasteiger partial charge in [0.15, 0.2) is 0 Å². The van der Waals surface area contributed by atoms with E-state index in [2.05, 4.69) is 52.1 Å². The highest BCUT2D eigenvalue weighted by Crippen LogP contribution is 2.38. The van der Waals surface area contributed by atoms with Crippen molar-refractivity contribution >= 4 is 16.8 Å². The SMILES string of the molecule is CCOc1cc(C(=O)N(C)[C@@H](c2cncc3cn[nH]c23)C2CN(CC)C2)ccc1-c1cccc(C)c1. The highest BCUT2D eigenvalue weighted by atomic mass is 16.5. The second kappa shape index (κ2) is 10.1. The van der Waals surface area contributed by atoms with Crippen molar-refractivity contribution in [2.45, 2.75) is 26.8 Å². The Morgan fingerprint density at radius 3 is 2.75 bits per heavy atom. The standard InChI is InChI=1S/C29H33N5O2/c1-5-34-17-23(18-34)28(25-16-30-14-22-15-31-32-27(22)25)33(4)29(35)21-10-11-24(26(13-21)36-6-2)20-9-7-8-19(3)12-20/h7-16,23,28H,5-6,17-18H2,1-4H3,(H,31,32)/t28-/m1/s1. The van der Waals surface area contributed by atoms with E-state index in [1.807, 2.05) is 49.3 Å². The number of amides is 1. The zero-order valence-corrected chi connectivity index (χ0v) is 21.4. The minimum Gasteiger partial charge on any atom is -0.493 e. The third-order valence-electron chi connectivity index (χ3n) is 7.18. The van der Waals surface area contributed by atoms with Crippen LogP contribution in [0.2, 0.25) is 0 Å². The van der Waals surface area contributed by atoms with Crippen molar-refractivity contribution in [2.24, 2.45) is 5.92 Å². The molecule has 2 aromatic carbocycles. The minimum absolute atomic E-state index is 0.0387. The number of rotatable bonds is 8. The molecule has 2 aromatic heterocycles. The molecule has 4 aromatic rings. The first-order valence-electron chi connectivity index (χ1n) is 12.6. The fourth-order valence-electron chi connectivity index (χ4n) is 5.27. The van der Waals surface area contributed by atoms with Crippen LogP contribution in [0, 0.1) is 12.8 Å². The van der Waals surface area contributed by atoms with E-state index in [4.69, 9.17) is 4.74 Å². The quantitative estimate of drug-likeness (QED) is 0.378. The predicted octanol–water partition coefficient (Wildman–Crippen LogP) is 5.10. The molecule has 1 fully saturated rings. The molecule has 186 valence electrons. The Hall–Kier alpha value is -3.71. The first-order valence-corrected chi connectivity index (χ1v) is 12.6. The van der Waals surface area contributed by atoms with Crippen molar-refractivity contribution in [3.05, 3.63) is 77.7 Å². The lowest BCUT2D eigenvalue weighted by Crippen LogP contribution is -2.53. The summed E-state index contributed by atoms with van der Waals surface area (Å²) in [6.45, 7) is 9.63. The molecule has 7 nitrogen and oxygen atoms in total. The third kappa shape index (κ3) is 4.46. The lowest BCUT2D eigenvalue weighted by molar-refractivity contribution is 0.0285. The van der Waals surface area contributed by atoms with Crippen molar-refractivity contribution < 1.29 is 9.53 Å². The molecule has 1 atom stereocenters. The first kappa shape index (κ1) is 24.0. The molecule has 1 N–H and O–H groups in total. The molecule has 1 saturated heterocycles. The van der Waals surface area contributed by atoms with Gasteiger partial charge in [-0.15, -0.1) is 0 Å². The largest absolute Gasteiger partial charge is 0.493 e. The Morgan fingerprint density at radius 1 is 1.17 bits per heavy atom. The van der Waals surface area contributed by atoms with Crippen LogP contribution in [-0.2, 0) is 0 Å². The normalized spacial score (nSPS) is 15.0.